The lowest BCUT2D eigenvalue weighted by Gasteiger charge is -2.05. The van der Waals surface area contributed by atoms with Gasteiger partial charge in [0.05, 0.1) is 7.11 Å². The summed E-state index contributed by atoms with van der Waals surface area (Å²) in [5.74, 6) is -0.489. The normalized spacial score (nSPS) is 10.0. The number of rotatable bonds is 6. The average Bonchev–Trinajstić information content (AvgIpc) is 2.53. The van der Waals surface area contributed by atoms with Crippen LogP contribution in [-0.2, 0) is 17.9 Å². The molecule has 1 heterocycles. The van der Waals surface area contributed by atoms with Crippen LogP contribution in [0.2, 0.25) is 0 Å². The van der Waals surface area contributed by atoms with Gasteiger partial charge in [-0.05, 0) is 23.8 Å². The van der Waals surface area contributed by atoms with Crippen LogP contribution in [0.25, 0.3) is 0 Å². The fourth-order valence-electron chi connectivity index (χ4n) is 1.95. The number of hydrogen-bond acceptors (Lipinski definition) is 3. The smallest absolute Gasteiger partial charge is 0.341 e. The summed E-state index contributed by atoms with van der Waals surface area (Å²) in [6.07, 6.45) is 3.07. The molecule has 0 bridgehead atoms. The molecule has 1 aromatic heterocycles. The zero-order valence-electron chi connectivity index (χ0n) is 12.2. The molecule has 6 heteroatoms. The fourth-order valence-corrected chi connectivity index (χ4v) is 1.95. The lowest BCUT2D eigenvalue weighted by Crippen LogP contribution is -2.42. The second-order valence-electron chi connectivity index (χ2n) is 4.70. The first-order valence-corrected chi connectivity index (χ1v) is 6.70. The number of carboxylic acid groups (broad SMARTS) is 1. The number of nitrogens with one attached hydrogen (secondary N) is 1. The molecule has 0 aliphatic rings. The summed E-state index contributed by atoms with van der Waals surface area (Å²) in [5.41, 5.74) is 1.07. The number of methoxy groups -OCH3 is 1. The van der Waals surface area contributed by atoms with E-state index in [1.54, 1.807) is 19.4 Å². The highest BCUT2D eigenvalue weighted by Gasteiger charge is 2.12. The topological polar surface area (TPSA) is 79.5 Å². The van der Waals surface area contributed by atoms with Crippen LogP contribution in [0.3, 0.4) is 0 Å². The average molecular weight is 301 g/mol. The molecule has 0 radical (unpaired) electrons. The molecule has 0 atom stereocenters. The molecule has 0 spiro atoms. The van der Waals surface area contributed by atoms with E-state index in [2.05, 4.69) is 5.32 Å². The number of benzene rings is 1. The van der Waals surface area contributed by atoms with Crippen LogP contribution >= 0.6 is 0 Å². The minimum atomic E-state index is -1.02. The molecule has 2 rings (SSSR count). The lowest BCUT2D eigenvalue weighted by molar-refractivity contribution is -0.684. The highest BCUT2D eigenvalue weighted by molar-refractivity contribution is 5.86. The van der Waals surface area contributed by atoms with Crippen molar-refractivity contribution < 1.29 is 24.0 Å². The molecule has 0 aliphatic heterocycles. The molecule has 0 aliphatic carbocycles. The number of carbonyl (C=O) groups is 2. The van der Waals surface area contributed by atoms with Crippen molar-refractivity contribution >= 4 is 11.9 Å². The van der Waals surface area contributed by atoms with E-state index in [1.807, 2.05) is 24.3 Å². The van der Waals surface area contributed by atoms with Crippen molar-refractivity contribution in [2.24, 2.45) is 0 Å². The molecular weight excluding hydrogens is 284 g/mol. The molecule has 1 amide bonds. The first-order chi connectivity index (χ1) is 10.6. The Morgan fingerprint density at radius 3 is 2.82 bits per heavy atom. The highest BCUT2D eigenvalue weighted by Crippen LogP contribution is 2.11. The van der Waals surface area contributed by atoms with Crippen LogP contribution in [0.5, 0.6) is 5.75 Å². The maximum absolute atomic E-state index is 11.9. The Bertz CT molecular complexity index is 685. The Balaban J connectivity index is 1.92. The summed E-state index contributed by atoms with van der Waals surface area (Å²) in [6.45, 7) is 0.445. The predicted octanol–water partition coefficient (Wildman–Crippen LogP) is 0.997. The molecule has 0 saturated carbocycles. The van der Waals surface area contributed by atoms with Gasteiger partial charge in [-0.15, -0.1) is 0 Å². The van der Waals surface area contributed by atoms with Crippen LogP contribution in [0.4, 0.5) is 0 Å². The largest absolute Gasteiger partial charge is 0.497 e. The molecular formula is C16H17N2O4+. The van der Waals surface area contributed by atoms with Crippen molar-refractivity contribution in [1.29, 1.82) is 0 Å². The second kappa shape index (κ2) is 7.21. The quantitative estimate of drug-likeness (QED) is 0.780. The molecule has 22 heavy (non-hydrogen) atoms. The van der Waals surface area contributed by atoms with Crippen molar-refractivity contribution in [2.75, 3.05) is 7.11 Å². The molecule has 2 aromatic rings. The van der Waals surface area contributed by atoms with Crippen molar-refractivity contribution in [3.63, 3.8) is 0 Å². The standard InChI is InChI=1S/C16H16N2O4/c1-22-14-6-2-4-12(8-14)9-17-15(19)11-18-7-3-5-13(10-18)16(20)21/h2-8,10H,9,11H2,1H3,(H-,17,19,20,21)/p+1. The summed E-state index contributed by atoms with van der Waals surface area (Å²) in [4.78, 5) is 22.8. The van der Waals surface area contributed by atoms with Gasteiger partial charge in [-0.1, -0.05) is 12.1 Å². The summed E-state index contributed by atoms with van der Waals surface area (Å²) >= 11 is 0. The number of aromatic carboxylic acids is 1. The number of ether oxygens (including phenoxy) is 1. The number of carboxylic acids is 1. The van der Waals surface area contributed by atoms with Crippen LogP contribution in [0, 0.1) is 0 Å². The number of nitrogens with zero attached hydrogens (tertiary/aromatic N) is 1. The van der Waals surface area contributed by atoms with E-state index in [1.165, 1.54) is 16.8 Å². The predicted molar refractivity (Wildman–Crippen MR) is 78.4 cm³/mol. The van der Waals surface area contributed by atoms with Crippen LogP contribution in [0.15, 0.2) is 48.8 Å². The number of hydrogen-bond donors (Lipinski definition) is 2. The van der Waals surface area contributed by atoms with Gasteiger partial charge in [0.1, 0.15) is 11.3 Å². The van der Waals surface area contributed by atoms with Crippen LogP contribution in [0.1, 0.15) is 15.9 Å². The second-order valence-corrected chi connectivity index (χ2v) is 4.70. The fraction of sp³-hybridized carbons (Fsp3) is 0.188. The van der Waals surface area contributed by atoms with Gasteiger partial charge in [-0.2, -0.15) is 4.57 Å². The SMILES string of the molecule is COc1cccc(CNC(=O)C[n+]2cccc(C(=O)O)c2)c1. The minimum Gasteiger partial charge on any atom is -0.497 e. The van der Waals surface area contributed by atoms with E-state index in [9.17, 15) is 9.59 Å². The maximum Gasteiger partial charge on any atom is 0.341 e. The first kappa shape index (κ1) is 15.5. The molecule has 1 aromatic carbocycles. The number of amides is 1. The van der Waals surface area contributed by atoms with Gasteiger partial charge in [0, 0.05) is 12.6 Å². The zero-order valence-corrected chi connectivity index (χ0v) is 12.2. The Hall–Kier alpha value is -2.89. The third-order valence-corrected chi connectivity index (χ3v) is 3.06. The maximum atomic E-state index is 11.9. The van der Waals surface area contributed by atoms with Crippen molar-refractivity contribution in [1.82, 2.24) is 5.32 Å². The third-order valence-electron chi connectivity index (χ3n) is 3.06. The first-order valence-electron chi connectivity index (χ1n) is 6.70. The monoisotopic (exact) mass is 301 g/mol. The van der Waals surface area contributed by atoms with E-state index in [-0.39, 0.29) is 18.0 Å². The van der Waals surface area contributed by atoms with Gasteiger partial charge in [0.2, 0.25) is 6.54 Å². The summed E-state index contributed by atoms with van der Waals surface area (Å²) in [7, 11) is 1.59. The van der Waals surface area contributed by atoms with E-state index in [0.29, 0.717) is 6.54 Å². The van der Waals surface area contributed by atoms with E-state index in [0.717, 1.165) is 11.3 Å². The van der Waals surface area contributed by atoms with Crippen molar-refractivity contribution in [3.8, 4) is 5.75 Å². The van der Waals surface area contributed by atoms with Gasteiger partial charge >= 0.3 is 5.97 Å². The Morgan fingerprint density at radius 2 is 2.09 bits per heavy atom. The van der Waals surface area contributed by atoms with Crippen LogP contribution in [-0.4, -0.2) is 24.1 Å². The molecule has 0 saturated heterocycles. The van der Waals surface area contributed by atoms with E-state index < -0.39 is 5.97 Å². The van der Waals surface area contributed by atoms with Gasteiger partial charge in [0.15, 0.2) is 12.4 Å². The molecule has 0 fully saturated rings. The zero-order chi connectivity index (χ0) is 15.9. The number of carbonyl (C=O) groups excluding carboxylic acids is 1. The Labute approximate surface area is 128 Å². The third kappa shape index (κ3) is 4.31. The number of pyridine rings is 1. The molecule has 2 N–H and O–H groups in total. The lowest BCUT2D eigenvalue weighted by atomic mass is 10.2. The minimum absolute atomic E-state index is 0.0606. The summed E-state index contributed by atoms with van der Waals surface area (Å²) in [5, 5.41) is 11.7. The van der Waals surface area contributed by atoms with Crippen molar-refractivity contribution in [2.45, 2.75) is 13.1 Å². The number of aromatic nitrogens is 1. The van der Waals surface area contributed by atoms with E-state index in [4.69, 9.17) is 9.84 Å². The van der Waals surface area contributed by atoms with E-state index >= 15 is 0 Å². The molecule has 114 valence electrons. The molecule has 6 nitrogen and oxygen atoms in total. The highest BCUT2D eigenvalue weighted by atomic mass is 16.5. The van der Waals surface area contributed by atoms with Gasteiger partial charge in [-0.3, -0.25) is 4.79 Å². The Kier molecular flexibility index (Phi) is 5.08. The Morgan fingerprint density at radius 1 is 1.27 bits per heavy atom. The summed E-state index contributed by atoms with van der Waals surface area (Å²) in [6, 6.07) is 10.5. The van der Waals surface area contributed by atoms with Gasteiger partial charge in [-0.25, -0.2) is 4.79 Å². The van der Waals surface area contributed by atoms with Crippen molar-refractivity contribution in [3.05, 3.63) is 59.9 Å². The molecule has 0 unspecified atom stereocenters. The van der Waals surface area contributed by atoms with Gasteiger partial charge in [0.25, 0.3) is 5.91 Å². The summed E-state index contributed by atoms with van der Waals surface area (Å²) < 4.78 is 6.65. The van der Waals surface area contributed by atoms with Crippen LogP contribution < -0.4 is 14.6 Å². The van der Waals surface area contributed by atoms with Gasteiger partial charge < -0.3 is 15.2 Å².